The van der Waals surface area contributed by atoms with E-state index in [1.807, 2.05) is 12.1 Å². The van der Waals surface area contributed by atoms with Crippen molar-refractivity contribution in [2.45, 2.75) is 71.6 Å². The second-order valence-corrected chi connectivity index (χ2v) is 8.76. The molecule has 0 aliphatic heterocycles. The smallest absolute Gasteiger partial charge is 0.222 e. The van der Waals surface area contributed by atoms with Crippen LogP contribution in [0.15, 0.2) is 12.1 Å². The number of phenols is 1. The van der Waals surface area contributed by atoms with Crippen molar-refractivity contribution in [2.24, 2.45) is 0 Å². The number of carbonyl (C=O) groups excluding carboxylic acids is 1. The molecule has 0 saturated heterocycles. The summed E-state index contributed by atoms with van der Waals surface area (Å²) < 4.78 is 0. The minimum atomic E-state index is -0.173. The van der Waals surface area contributed by atoms with Gasteiger partial charge in [-0.25, -0.2) is 0 Å². The summed E-state index contributed by atoms with van der Waals surface area (Å²) in [6.07, 6.45) is 1.38. The Labute approximate surface area is 152 Å². The Morgan fingerprint density at radius 1 is 1.12 bits per heavy atom. The molecule has 0 fully saturated rings. The third kappa shape index (κ3) is 5.77. The summed E-state index contributed by atoms with van der Waals surface area (Å²) in [5.41, 5.74) is 2.55. The average Bonchev–Trinajstić information content (AvgIpc) is 2.48. The molecule has 0 unspecified atom stereocenters. The first kappa shape index (κ1) is 21.0. The number of phenolic OH excluding ortho intramolecular Hbond substituents is 1. The zero-order chi connectivity index (χ0) is 19.4. The van der Waals surface area contributed by atoms with Gasteiger partial charge in [0, 0.05) is 20.0 Å². The molecule has 0 bridgehead atoms. The van der Waals surface area contributed by atoms with Crippen LogP contribution in [0.3, 0.4) is 0 Å². The number of aromatic hydroxyl groups is 1. The maximum atomic E-state index is 12.2. The van der Waals surface area contributed by atoms with Gasteiger partial charge in [-0.15, -0.1) is 0 Å². The largest absolute Gasteiger partial charge is 0.507 e. The van der Waals surface area contributed by atoms with Crippen LogP contribution in [0.4, 0.5) is 0 Å². The van der Waals surface area contributed by atoms with Gasteiger partial charge in [0.05, 0.1) is 12.5 Å². The maximum absolute atomic E-state index is 12.2. The fraction of sp³-hybridized carbons (Fsp3) is 0.619. The van der Waals surface area contributed by atoms with Crippen LogP contribution in [-0.2, 0) is 22.0 Å². The van der Waals surface area contributed by atoms with Crippen LogP contribution >= 0.6 is 0 Å². The number of nitrogens with zero attached hydrogens (tertiary/aromatic N) is 2. The van der Waals surface area contributed by atoms with E-state index in [4.69, 9.17) is 5.26 Å². The van der Waals surface area contributed by atoms with E-state index in [2.05, 4.69) is 47.6 Å². The summed E-state index contributed by atoms with van der Waals surface area (Å²) in [5, 5.41) is 19.4. The SMILES string of the molecule is CN(CCC#N)C(=O)CCc1cc(C(C)(C)C)c(O)c(C(C)(C)C)c1. The van der Waals surface area contributed by atoms with Gasteiger partial charge >= 0.3 is 0 Å². The highest BCUT2D eigenvalue weighted by atomic mass is 16.3. The predicted octanol–water partition coefficient (Wildman–Crippen LogP) is 4.29. The van der Waals surface area contributed by atoms with Crippen molar-refractivity contribution in [3.8, 4) is 11.8 Å². The van der Waals surface area contributed by atoms with Crippen molar-refractivity contribution in [2.75, 3.05) is 13.6 Å². The number of amides is 1. The first-order valence-corrected chi connectivity index (χ1v) is 8.85. The van der Waals surface area contributed by atoms with Gasteiger partial charge in [-0.05, 0) is 33.9 Å². The number of carbonyl (C=O) groups is 1. The van der Waals surface area contributed by atoms with Crippen molar-refractivity contribution in [1.82, 2.24) is 4.90 Å². The van der Waals surface area contributed by atoms with Crippen LogP contribution in [0.25, 0.3) is 0 Å². The van der Waals surface area contributed by atoms with Gasteiger partial charge in [0.1, 0.15) is 5.75 Å². The molecule has 0 aliphatic carbocycles. The zero-order valence-electron chi connectivity index (χ0n) is 16.7. The van der Waals surface area contributed by atoms with Crippen molar-refractivity contribution in [1.29, 1.82) is 5.26 Å². The summed E-state index contributed by atoms with van der Waals surface area (Å²) in [6, 6.07) is 6.10. The van der Waals surface area contributed by atoms with Crippen LogP contribution in [0, 0.1) is 11.3 Å². The minimum Gasteiger partial charge on any atom is -0.507 e. The molecular formula is C21H32N2O2. The molecule has 0 saturated carbocycles. The first-order valence-electron chi connectivity index (χ1n) is 8.85. The van der Waals surface area contributed by atoms with E-state index >= 15 is 0 Å². The average molecular weight is 344 g/mol. The van der Waals surface area contributed by atoms with E-state index < -0.39 is 0 Å². The molecule has 0 atom stereocenters. The van der Waals surface area contributed by atoms with Gasteiger partial charge in [0.25, 0.3) is 0 Å². The van der Waals surface area contributed by atoms with E-state index in [-0.39, 0.29) is 16.7 Å². The molecule has 0 aliphatic rings. The predicted molar refractivity (Wildman–Crippen MR) is 102 cm³/mol. The van der Waals surface area contributed by atoms with E-state index in [1.165, 1.54) is 0 Å². The van der Waals surface area contributed by atoms with Crippen LogP contribution in [0.1, 0.15) is 71.1 Å². The molecule has 1 N–H and O–H groups in total. The van der Waals surface area contributed by atoms with Crippen LogP contribution in [-0.4, -0.2) is 29.5 Å². The molecule has 138 valence electrons. The third-order valence-corrected chi connectivity index (χ3v) is 4.40. The van der Waals surface area contributed by atoms with Crippen molar-refractivity contribution in [3.63, 3.8) is 0 Å². The molecule has 4 heteroatoms. The number of nitriles is 1. The lowest BCUT2D eigenvalue weighted by atomic mass is 9.78. The number of aryl methyl sites for hydroxylation is 1. The second-order valence-electron chi connectivity index (χ2n) is 8.76. The summed E-state index contributed by atoms with van der Waals surface area (Å²) in [5.74, 6) is 0.402. The van der Waals surface area contributed by atoms with E-state index in [0.29, 0.717) is 31.6 Å². The molecule has 25 heavy (non-hydrogen) atoms. The fourth-order valence-corrected chi connectivity index (χ4v) is 2.77. The highest BCUT2D eigenvalue weighted by Gasteiger charge is 2.26. The van der Waals surface area contributed by atoms with Crippen molar-refractivity contribution in [3.05, 3.63) is 28.8 Å². The number of hydrogen-bond donors (Lipinski definition) is 1. The van der Waals surface area contributed by atoms with Gasteiger partial charge in [-0.1, -0.05) is 53.7 Å². The van der Waals surface area contributed by atoms with E-state index in [9.17, 15) is 9.90 Å². The molecular weight excluding hydrogens is 312 g/mol. The maximum Gasteiger partial charge on any atom is 0.222 e. The molecule has 0 heterocycles. The molecule has 1 aromatic carbocycles. The highest BCUT2D eigenvalue weighted by Crippen LogP contribution is 2.39. The summed E-state index contributed by atoms with van der Waals surface area (Å²) in [4.78, 5) is 13.8. The Bertz CT molecular complexity index is 623. The van der Waals surface area contributed by atoms with Crippen LogP contribution in [0.2, 0.25) is 0 Å². The Morgan fingerprint density at radius 2 is 1.60 bits per heavy atom. The lowest BCUT2D eigenvalue weighted by Crippen LogP contribution is -2.27. The van der Waals surface area contributed by atoms with Gasteiger partial charge in [-0.3, -0.25) is 4.79 Å². The Kier molecular flexibility index (Phi) is 6.65. The lowest BCUT2D eigenvalue weighted by Gasteiger charge is -2.28. The van der Waals surface area contributed by atoms with Gasteiger partial charge in [0.15, 0.2) is 0 Å². The van der Waals surface area contributed by atoms with Gasteiger partial charge < -0.3 is 10.0 Å². The van der Waals surface area contributed by atoms with E-state index in [1.54, 1.807) is 11.9 Å². The molecule has 1 rings (SSSR count). The van der Waals surface area contributed by atoms with Crippen LogP contribution in [0.5, 0.6) is 5.75 Å². The Hall–Kier alpha value is -2.02. The zero-order valence-corrected chi connectivity index (χ0v) is 16.7. The molecule has 0 aromatic heterocycles. The number of rotatable bonds is 5. The standard InChI is InChI=1S/C21H32N2O2/c1-20(2,3)16-13-15(14-17(19(16)25)21(4,5)6)9-10-18(24)23(7)12-8-11-22/h13-14,25H,8-10,12H2,1-7H3. The minimum absolute atomic E-state index is 0.0398. The Morgan fingerprint density at radius 3 is 2.00 bits per heavy atom. The lowest BCUT2D eigenvalue weighted by molar-refractivity contribution is -0.129. The van der Waals surface area contributed by atoms with Crippen molar-refractivity contribution >= 4 is 5.91 Å². The topological polar surface area (TPSA) is 64.3 Å². The molecule has 4 nitrogen and oxygen atoms in total. The first-order chi connectivity index (χ1) is 11.4. The highest BCUT2D eigenvalue weighted by molar-refractivity contribution is 5.76. The number of hydrogen-bond acceptors (Lipinski definition) is 3. The van der Waals surface area contributed by atoms with E-state index in [0.717, 1.165) is 16.7 Å². The third-order valence-electron chi connectivity index (χ3n) is 4.40. The molecule has 0 spiro atoms. The van der Waals surface area contributed by atoms with Gasteiger partial charge in [0.2, 0.25) is 5.91 Å². The monoisotopic (exact) mass is 344 g/mol. The van der Waals surface area contributed by atoms with Crippen molar-refractivity contribution < 1.29 is 9.90 Å². The van der Waals surface area contributed by atoms with Crippen LogP contribution < -0.4 is 0 Å². The summed E-state index contributed by atoms with van der Waals surface area (Å²) in [6.45, 7) is 13.0. The Balaban J connectivity index is 3.08. The van der Waals surface area contributed by atoms with Gasteiger partial charge in [-0.2, -0.15) is 5.26 Å². The quantitative estimate of drug-likeness (QED) is 0.866. The molecule has 0 radical (unpaired) electrons. The normalized spacial score (nSPS) is 11.9. The summed E-state index contributed by atoms with van der Waals surface area (Å²) in [7, 11) is 1.73. The number of benzene rings is 1. The second kappa shape index (κ2) is 7.91. The molecule has 1 aromatic rings. The fourth-order valence-electron chi connectivity index (χ4n) is 2.77. The summed E-state index contributed by atoms with van der Waals surface area (Å²) >= 11 is 0. The molecule has 1 amide bonds.